The van der Waals surface area contributed by atoms with Gasteiger partial charge in [0.15, 0.2) is 0 Å². The molecule has 0 saturated heterocycles. The summed E-state index contributed by atoms with van der Waals surface area (Å²) in [5.41, 5.74) is 2.52. The zero-order valence-corrected chi connectivity index (χ0v) is 32.0. The zero-order chi connectivity index (χ0) is 33.7. The normalized spacial score (nSPS) is 32.7. The van der Waals surface area contributed by atoms with Crippen LogP contribution in [0.2, 0.25) is 0 Å². The molecule has 47 heavy (non-hydrogen) atoms. The van der Waals surface area contributed by atoms with E-state index in [1.807, 2.05) is 0 Å². The van der Waals surface area contributed by atoms with Crippen LogP contribution in [0.5, 0.6) is 0 Å². The fourth-order valence-corrected chi connectivity index (χ4v) is 11.1. The molecule has 0 aromatic rings. The molecule has 0 heterocycles. The Bertz CT molecular complexity index is 1020. The van der Waals surface area contributed by atoms with Gasteiger partial charge >= 0.3 is 5.97 Å². The molecular formula is C45H76O2. The van der Waals surface area contributed by atoms with Crippen molar-refractivity contribution in [3.05, 3.63) is 36.0 Å². The second-order valence-electron chi connectivity index (χ2n) is 17.6. The summed E-state index contributed by atoms with van der Waals surface area (Å²) in [4.78, 5) is 12.8. The SMILES string of the molecule is CCCCC/C=C\C/C=C\CCCCCCCC(=O)OC1CC[C@@]2(C)C(=CCC3C2CC[C@@]2(C)C3CC[C@@H]2[C@H](C)CCCC(C)C)C1. The maximum atomic E-state index is 12.8. The third-order valence-corrected chi connectivity index (χ3v) is 13.9. The lowest BCUT2D eigenvalue weighted by Gasteiger charge is -2.58. The highest BCUT2D eigenvalue weighted by molar-refractivity contribution is 5.69. The topological polar surface area (TPSA) is 26.3 Å². The van der Waals surface area contributed by atoms with Crippen LogP contribution in [0.4, 0.5) is 0 Å². The Kier molecular flexibility index (Phi) is 15.7. The summed E-state index contributed by atoms with van der Waals surface area (Å²) < 4.78 is 6.12. The first-order valence-electron chi connectivity index (χ1n) is 20.9. The highest BCUT2D eigenvalue weighted by Gasteiger charge is 2.59. The number of esters is 1. The standard InChI is InChI=1S/C45H76O2/c1-7-8-9-10-11-12-13-14-15-16-17-18-19-20-21-25-43(46)47-38-30-32-44(5)37(34-38)26-27-39-41-29-28-40(36(4)24-22-23-35(2)3)45(41,6)33-31-42(39)44/h11-12,14-15,26,35-36,38-42H,7-10,13,16-25,27-34H2,1-6H3/b12-11-,15-14-/t36-,38?,39?,40-,41?,42?,44+,45-/m1/s1. The summed E-state index contributed by atoms with van der Waals surface area (Å²) in [6, 6.07) is 0. The number of allylic oxidation sites excluding steroid dienone is 5. The molecule has 4 rings (SSSR count). The molecular weight excluding hydrogens is 572 g/mol. The molecule has 4 unspecified atom stereocenters. The number of unbranched alkanes of at least 4 members (excludes halogenated alkanes) is 8. The minimum Gasteiger partial charge on any atom is -0.462 e. The molecule has 0 aromatic heterocycles. The molecule has 0 bridgehead atoms. The summed E-state index contributed by atoms with van der Waals surface area (Å²) >= 11 is 0. The first-order valence-corrected chi connectivity index (χ1v) is 20.9. The number of fused-ring (bicyclic) bond motifs is 5. The third kappa shape index (κ3) is 10.6. The molecule has 2 heteroatoms. The predicted molar refractivity (Wildman–Crippen MR) is 202 cm³/mol. The first kappa shape index (κ1) is 38.5. The minimum absolute atomic E-state index is 0.0477. The lowest BCUT2D eigenvalue weighted by Crippen LogP contribution is -2.51. The predicted octanol–water partition coefficient (Wildman–Crippen LogP) is 13.8. The molecule has 0 aromatic carbocycles. The van der Waals surface area contributed by atoms with Crippen LogP contribution < -0.4 is 0 Å². The highest BCUT2D eigenvalue weighted by Crippen LogP contribution is 2.67. The van der Waals surface area contributed by atoms with Crippen molar-refractivity contribution >= 4 is 5.97 Å². The van der Waals surface area contributed by atoms with Gasteiger partial charge < -0.3 is 4.74 Å². The summed E-state index contributed by atoms with van der Waals surface area (Å²) in [6.07, 6.45) is 40.5. The molecule has 0 spiro atoms. The highest BCUT2D eigenvalue weighted by atomic mass is 16.5. The Morgan fingerprint density at radius 2 is 1.55 bits per heavy atom. The second-order valence-corrected chi connectivity index (χ2v) is 17.6. The lowest BCUT2D eigenvalue weighted by molar-refractivity contribution is -0.151. The van der Waals surface area contributed by atoms with Crippen molar-refractivity contribution in [2.75, 3.05) is 0 Å². The van der Waals surface area contributed by atoms with Crippen LogP contribution >= 0.6 is 0 Å². The van der Waals surface area contributed by atoms with E-state index in [1.165, 1.54) is 109 Å². The fraction of sp³-hybridized carbons (Fsp3) is 0.844. The number of hydrogen-bond donors (Lipinski definition) is 0. The van der Waals surface area contributed by atoms with Crippen molar-refractivity contribution in [3.8, 4) is 0 Å². The van der Waals surface area contributed by atoms with E-state index in [0.29, 0.717) is 17.3 Å². The Labute approximate surface area is 292 Å². The van der Waals surface area contributed by atoms with Crippen molar-refractivity contribution in [2.24, 2.45) is 46.3 Å². The van der Waals surface area contributed by atoms with Gasteiger partial charge in [0.2, 0.25) is 0 Å². The monoisotopic (exact) mass is 649 g/mol. The van der Waals surface area contributed by atoms with E-state index in [2.05, 4.69) is 71.9 Å². The minimum atomic E-state index is 0.0477. The van der Waals surface area contributed by atoms with Crippen molar-refractivity contribution in [1.82, 2.24) is 0 Å². The zero-order valence-electron chi connectivity index (χ0n) is 32.0. The molecule has 0 radical (unpaired) electrons. The van der Waals surface area contributed by atoms with Crippen molar-refractivity contribution in [1.29, 1.82) is 0 Å². The molecule has 4 aliphatic carbocycles. The fourth-order valence-electron chi connectivity index (χ4n) is 11.1. The Balaban J connectivity index is 1.13. The van der Waals surface area contributed by atoms with Crippen LogP contribution in [0.25, 0.3) is 0 Å². The maximum absolute atomic E-state index is 12.8. The van der Waals surface area contributed by atoms with Gasteiger partial charge in [0.05, 0.1) is 0 Å². The van der Waals surface area contributed by atoms with Gasteiger partial charge in [-0.25, -0.2) is 0 Å². The van der Waals surface area contributed by atoms with E-state index in [1.54, 1.807) is 5.57 Å². The Morgan fingerprint density at radius 3 is 2.30 bits per heavy atom. The quantitative estimate of drug-likeness (QED) is 0.0746. The number of ether oxygens (including phenoxy) is 1. The van der Waals surface area contributed by atoms with E-state index >= 15 is 0 Å². The summed E-state index contributed by atoms with van der Waals surface area (Å²) in [5.74, 6) is 5.30. The number of rotatable bonds is 20. The van der Waals surface area contributed by atoms with Crippen molar-refractivity contribution in [2.45, 2.75) is 195 Å². The van der Waals surface area contributed by atoms with Crippen LogP contribution in [0.3, 0.4) is 0 Å². The van der Waals surface area contributed by atoms with E-state index in [4.69, 9.17) is 4.74 Å². The van der Waals surface area contributed by atoms with Gasteiger partial charge in [-0.1, -0.05) is 129 Å². The van der Waals surface area contributed by atoms with Gasteiger partial charge in [-0.05, 0) is 130 Å². The van der Waals surface area contributed by atoms with Crippen LogP contribution in [-0.4, -0.2) is 12.1 Å². The van der Waals surface area contributed by atoms with Gasteiger partial charge in [0.25, 0.3) is 0 Å². The molecule has 8 atom stereocenters. The van der Waals surface area contributed by atoms with E-state index < -0.39 is 0 Å². The van der Waals surface area contributed by atoms with Gasteiger partial charge in [-0.3, -0.25) is 4.79 Å². The molecule has 268 valence electrons. The smallest absolute Gasteiger partial charge is 0.306 e. The summed E-state index contributed by atoms with van der Waals surface area (Å²) in [7, 11) is 0. The molecule has 3 saturated carbocycles. The van der Waals surface area contributed by atoms with E-state index in [9.17, 15) is 4.79 Å². The maximum Gasteiger partial charge on any atom is 0.306 e. The molecule has 2 nitrogen and oxygen atoms in total. The van der Waals surface area contributed by atoms with Gasteiger partial charge in [0, 0.05) is 12.8 Å². The second kappa shape index (κ2) is 19.2. The van der Waals surface area contributed by atoms with Gasteiger partial charge in [-0.15, -0.1) is 0 Å². The third-order valence-electron chi connectivity index (χ3n) is 13.9. The van der Waals surface area contributed by atoms with Crippen LogP contribution in [0.15, 0.2) is 36.0 Å². The van der Waals surface area contributed by atoms with Gasteiger partial charge in [0.1, 0.15) is 6.10 Å². The average molecular weight is 649 g/mol. The molecule has 0 amide bonds. The molecule has 3 fully saturated rings. The molecule has 0 N–H and O–H groups in total. The Morgan fingerprint density at radius 1 is 0.830 bits per heavy atom. The summed E-state index contributed by atoms with van der Waals surface area (Å²) in [5, 5.41) is 0. The van der Waals surface area contributed by atoms with Crippen LogP contribution in [-0.2, 0) is 9.53 Å². The van der Waals surface area contributed by atoms with Crippen molar-refractivity contribution in [3.63, 3.8) is 0 Å². The Hall–Kier alpha value is -1.31. The number of hydrogen-bond acceptors (Lipinski definition) is 2. The van der Waals surface area contributed by atoms with Gasteiger partial charge in [-0.2, -0.15) is 0 Å². The van der Waals surface area contributed by atoms with Crippen LogP contribution in [0, 0.1) is 46.3 Å². The average Bonchev–Trinajstić information content (AvgIpc) is 3.40. The lowest BCUT2D eigenvalue weighted by atomic mass is 9.47. The number of carbonyl (C=O) groups is 1. The van der Waals surface area contributed by atoms with E-state index in [-0.39, 0.29) is 12.1 Å². The van der Waals surface area contributed by atoms with E-state index in [0.717, 1.165) is 67.6 Å². The molecule has 0 aliphatic heterocycles. The number of carbonyl (C=O) groups excluding carboxylic acids is 1. The van der Waals surface area contributed by atoms with Crippen LogP contribution in [0.1, 0.15) is 189 Å². The first-order chi connectivity index (χ1) is 22.7. The largest absolute Gasteiger partial charge is 0.462 e. The molecule has 4 aliphatic rings. The van der Waals surface area contributed by atoms with Crippen molar-refractivity contribution < 1.29 is 9.53 Å². The summed E-state index contributed by atoms with van der Waals surface area (Å²) in [6.45, 7) is 14.9.